The van der Waals surface area contributed by atoms with E-state index in [9.17, 15) is 4.79 Å². The zero-order valence-electron chi connectivity index (χ0n) is 10.3. The Morgan fingerprint density at radius 1 is 1.62 bits per heavy atom. The lowest BCUT2D eigenvalue weighted by atomic mass is 10.1. The second-order valence-corrected chi connectivity index (χ2v) is 4.10. The minimum absolute atomic E-state index is 0.130. The van der Waals surface area contributed by atoms with Gasteiger partial charge in [0.05, 0.1) is 5.69 Å². The molecule has 1 aromatic rings. The Bertz CT molecular complexity index is 347. The first-order valence-electron chi connectivity index (χ1n) is 5.43. The van der Waals surface area contributed by atoms with Crippen molar-refractivity contribution in [3.05, 3.63) is 17.5 Å². The van der Waals surface area contributed by atoms with Crippen LogP contribution in [0.2, 0.25) is 0 Å². The van der Waals surface area contributed by atoms with Crippen LogP contribution in [0.4, 0.5) is 0 Å². The summed E-state index contributed by atoms with van der Waals surface area (Å²) in [7, 11) is 3.60. The van der Waals surface area contributed by atoms with Gasteiger partial charge < -0.3 is 14.7 Å². The Balaban J connectivity index is 2.65. The number of rotatable bonds is 5. The number of nitrogens with zero attached hydrogens (tertiary/aromatic N) is 2. The van der Waals surface area contributed by atoms with Gasteiger partial charge >= 0.3 is 0 Å². The summed E-state index contributed by atoms with van der Waals surface area (Å²) in [6, 6.07) is 1.71. The molecule has 0 radical (unpaired) electrons. The number of amides is 1. The fraction of sp³-hybridized carbons (Fsp3) is 0.636. The van der Waals surface area contributed by atoms with Crippen molar-refractivity contribution in [2.45, 2.75) is 19.8 Å². The van der Waals surface area contributed by atoms with Crippen molar-refractivity contribution in [3.63, 3.8) is 0 Å². The monoisotopic (exact) mass is 225 g/mol. The van der Waals surface area contributed by atoms with E-state index in [1.165, 1.54) is 0 Å². The Hall–Kier alpha value is -1.36. The van der Waals surface area contributed by atoms with E-state index in [2.05, 4.69) is 10.5 Å². The molecule has 5 heteroatoms. The number of nitrogens with one attached hydrogen (secondary N) is 1. The van der Waals surface area contributed by atoms with E-state index >= 15 is 0 Å². The number of hydrogen-bond donors (Lipinski definition) is 1. The first kappa shape index (κ1) is 12.7. The minimum atomic E-state index is -0.130. The van der Waals surface area contributed by atoms with Crippen LogP contribution in [0.1, 0.15) is 36.0 Å². The van der Waals surface area contributed by atoms with Crippen LogP contribution >= 0.6 is 0 Å². The lowest BCUT2D eigenvalue weighted by Gasteiger charge is -2.14. The van der Waals surface area contributed by atoms with E-state index in [-0.39, 0.29) is 11.8 Å². The molecule has 1 rings (SSSR count). The molecule has 0 spiro atoms. The summed E-state index contributed by atoms with van der Waals surface area (Å²) in [6.07, 6.45) is 0. The molecule has 1 aromatic heterocycles. The van der Waals surface area contributed by atoms with Crippen molar-refractivity contribution < 1.29 is 9.32 Å². The Morgan fingerprint density at radius 3 is 2.81 bits per heavy atom. The Kier molecular flexibility index (Phi) is 4.49. The molecule has 0 aliphatic carbocycles. The molecule has 0 aromatic carbocycles. The molecule has 90 valence electrons. The molecule has 0 atom stereocenters. The number of hydrogen-bond acceptors (Lipinski definition) is 4. The van der Waals surface area contributed by atoms with Crippen LogP contribution in [0.3, 0.4) is 0 Å². The molecule has 0 fully saturated rings. The molecule has 1 amide bonds. The molecule has 0 bridgehead atoms. The highest BCUT2D eigenvalue weighted by Crippen LogP contribution is 2.14. The SMILES string of the molecule is CNCCN(C)C(=O)c1cc(C(C)C)no1. The standard InChI is InChI=1S/C11H19N3O2/c1-8(2)9-7-10(16-13-9)11(15)14(4)6-5-12-3/h7-8,12H,5-6H2,1-4H3. The highest BCUT2D eigenvalue weighted by Gasteiger charge is 2.17. The molecule has 1 N–H and O–H groups in total. The third kappa shape index (κ3) is 3.06. The zero-order valence-corrected chi connectivity index (χ0v) is 10.3. The summed E-state index contributed by atoms with van der Waals surface area (Å²) in [5, 5.41) is 6.85. The predicted molar refractivity (Wildman–Crippen MR) is 61.5 cm³/mol. The van der Waals surface area contributed by atoms with Gasteiger partial charge in [0.25, 0.3) is 5.91 Å². The first-order valence-corrected chi connectivity index (χ1v) is 5.43. The number of aromatic nitrogens is 1. The van der Waals surface area contributed by atoms with Gasteiger partial charge in [-0.2, -0.15) is 0 Å². The van der Waals surface area contributed by atoms with Crippen molar-refractivity contribution in [2.75, 3.05) is 27.2 Å². The summed E-state index contributed by atoms with van der Waals surface area (Å²) in [5.74, 6) is 0.449. The topological polar surface area (TPSA) is 58.4 Å². The maximum Gasteiger partial charge on any atom is 0.292 e. The third-order valence-electron chi connectivity index (χ3n) is 2.37. The molecule has 0 unspecified atom stereocenters. The average molecular weight is 225 g/mol. The summed E-state index contributed by atoms with van der Waals surface area (Å²) < 4.78 is 5.03. The minimum Gasteiger partial charge on any atom is -0.351 e. The van der Waals surface area contributed by atoms with Gasteiger partial charge in [-0.25, -0.2) is 0 Å². The van der Waals surface area contributed by atoms with Crippen LogP contribution in [-0.2, 0) is 0 Å². The highest BCUT2D eigenvalue weighted by molar-refractivity contribution is 5.91. The van der Waals surface area contributed by atoms with Gasteiger partial charge in [-0.05, 0) is 13.0 Å². The fourth-order valence-corrected chi connectivity index (χ4v) is 1.23. The van der Waals surface area contributed by atoms with Gasteiger partial charge in [0.1, 0.15) is 0 Å². The quantitative estimate of drug-likeness (QED) is 0.815. The lowest BCUT2D eigenvalue weighted by molar-refractivity contribution is 0.0755. The van der Waals surface area contributed by atoms with Gasteiger partial charge in [-0.1, -0.05) is 19.0 Å². The molecule has 16 heavy (non-hydrogen) atoms. The van der Waals surface area contributed by atoms with E-state index in [1.807, 2.05) is 20.9 Å². The number of likely N-dealkylation sites (N-methyl/N-ethyl adjacent to an activating group) is 2. The van der Waals surface area contributed by atoms with Crippen LogP contribution in [0.15, 0.2) is 10.6 Å². The molecular formula is C11H19N3O2. The zero-order chi connectivity index (χ0) is 12.1. The number of carbonyl (C=O) groups excluding carboxylic acids is 1. The molecule has 0 saturated carbocycles. The van der Waals surface area contributed by atoms with Crippen molar-refractivity contribution in [1.29, 1.82) is 0 Å². The van der Waals surface area contributed by atoms with Crippen LogP contribution in [0.5, 0.6) is 0 Å². The van der Waals surface area contributed by atoms with Crippen LogP contribution < -0.4 is 5.32 Å². The lowest BCUT2D eigenvalue weighted by Crippen LogP contribution is -2.32. The Labute approximate surface area is 95.8 Å². The predicted octanol–water partition coefficient (Wildman–Crippen LogP) is 1.09. The highest BCUT2D eigenvalue weighted by atomic mass is 16.5. The first-order chi connectivity index (χ1) is 7.56. The molecular weight excluding hydrogens is 206 g/mol. The van der Waals surface area contributed by atoms with Gasteiger partial charge in [-0.3, -0.25) is 4.79 Å². The van der Waals surface area contributed by atoms with Crippen molar-refractivity contribution in [3.8, 4) is 0 Å². The summed E-state index contributed by atoms with van der Waals surface area (Å²) >= 11 is 0. The van der Waals surface area contributed by atoms with Crippen molar-refractivity contribution >= 4 is 5.91 Å². The molecule has 5 nitrogen and oxygen atoms in total. The Morgan fingerprint density at radius 2 is 2.31 bits per heavy atom. The second-order valence-electron chi connectivity index (χ2n) is 4.10. The van der Waals surface area contributed by atoms with Crippen molar-refractivity contribution in [2.24, 2.45) is 0 Å². The molecule has 0 aliphatic heterocycles. The van der Waals surface area contributed by atoms with E-state index in [4.69, 9.17) is 4.52 Å². The van der Waals surface area contributed by atoms with Gasteiger partial charge in [-0.15, -0.1) is 0 Å². The van der Waals surface area contributed by atoms with E-state index in [1.54, 1.807) is 18.0 Å². The largest absolute Gasteiger partial charge is 0.351 e. The smallest absolute Gasteiger partial charge is 0.292 e. The maximum absolute atomic E-state index is 11.9. The second kappa shape index (κ2) is 5.65. The summed E-state index contributed by atoms with van der Waals surface area (Å²) in [6.45, 7) is 5.42. The average Bonchev–Trinajstić information content (AvgIpc) is 2.74. The fourth-order valence-electron chi connectivity index (χ4n) is 1.23. The molecule has 0 saturated heterocycles. The van der Waals surface area contributed by atoms with Crippen LogP contribution in [-0.4, -0.2) is 43.1 Å². The maximum atomic E-state index is 11.9. The summed E-state index contributed by atoms with van der Waals surface area (Å²) in [5.41, 5.74) is 0.811. The van der Waals surface area contributed by atoms with Gasteiger partial charge in [0, 0.05) is 26.2 Å². The van der Waals surface area contributed by atoms with E-state index in [0.717, 1.165) is 12.2 Å². The molecule has 1 heterocycles. The van der Waals surface area contributed by atoms with Gasteiger partial charge in [0.15, 0.2) is 0 Å². The van der Waals surface area contributed by atoms with E-state index in [0.29, 0.717) is 12.3 Å². The van der Waals surface area contributed by atoms with Crippen molar-refractivity contribution in [1.82, 2.24) is 15.4 Å². The number of carbonyl (C=O) groups is 1. The third-order valence-corrected chi connectivity index (χ3v) is 2.37. The van der Waals surface area contributed by atoms with Crippen LogP contribution in [0.25, 0.3) is 0 Å². The van der Waals surface area contributed by atoms with Gasteiger partial charge in [0.2, 0.25) is 5.76 Å². The normalized spacial score (nSPS) is 10.8. The summed E-state index contributed by atoms with van der Waals surface area (Å²) in [4.78, 5) is 13.5. The van der Waals surface area contributed by atoms with Crippen LogP contribution in [0, 0.1) is 0 Å². The van der Waals surface area contributed by atoms with E-state index < -0.39 is 0 Å². The molecule has 0 aliphatic rings.